The average molecular weight is 275 g/mol. The minimum absolute atomic E-state index is 0.943. The summed E-state index contributed by atoms with van der Waals surface area (Å²) in [6, 6.07) is 4.32. The van der Waals surface area contributed by atoms with Crippen LogP contribution in [-0.2, 0) is 6.54 Å². The van der Waals surface area contributed by atoms with E-state index in [1.165, 1.54) is 44.3 Å². The molecule has 20 heavy (non-hydrogen) atoms. The molecule has 2 heterocycles. The first-order chi connectivity index (χ1) is 9.81. The van der Waals surface area contributed by atoms with Crippen LogP contribution in [0.3, 0.4) is 0 Å². The molecule has 3 heteroatoms. The minimum atomic E-state index is 0.943. The Morgan fingerprint density at radius 3 is 2.85 bits per heavy atom. The first kappa shape index (κ1) is 15.3. The van der Waals surface area contributed by atoms with Crippen molar-refractivity contribution in [2.24, 2.45) is 5.92 Å². The lowest BCUT2D eigenvalue weighted by Crippen LogP contribution is -2.24. The van der Waals surface area contributed by atoms with Gasteiger partial charge in [-0.1, -0.05) is 26.3 Å². The van der Waals surface area contributed by atoms with E-state index in [9.17, 15) is 0 Å². The number of nitrogens with one attached hydrogen (secondary N) is 1. The molecule has 1 fully saturated rings. The van der Waals surface area contributed by atoms with Crippen molar-refractivity contribution in [1.29, 1.82) is 0 Å². The normalized spacial score (nSPS) is 20.6. The monoisotopic (exact) mass is 275 g/mol. The van der Waals surface area contributed by atoms with E-state index in [-0.39, 0.29) is 0 Å². The number of pyridine rings is 1. The Morgan fingerprint density at radius 2 is 2.15 bits per heavy atom. The minimum Gasteiger partial charge on any atom is -0.370 e. The van der Waals surface area contributed by atoms with Crippen LogP contribution in [0.15, 0.2) is 18.3 Å². The third-order valence-corrected chi connectivity index (χ3v) is 4.30. The van der Waals surface area contributed by atoms with E-state index in [1.807, 2.05) is 6.20 Å². The second kappa shape index (κ2) is 8.25. The van der Waals surface area contributed by atoms with E-state index in [2.05, 4.69) is 41.2 Å². The van der Waals surface area contributed by atoms with Gasteiger partial charge in [0, 0.05) is 19.3 Å². The molecule has 2 rings (SSSR count). The molecule has 1 unspecified atom stereocenters. The molecule has 1 aromatic heterocycles. The lowest BCUT2D eigenvalue weighted by Gasteiger charge is -2.20. The van der Waals surface area contributed by atoms with Gasteiger partial charge in [-0.25, -0.2) is 4.98 Å². The van der Waals surface area contributed by atoms with E-state index in [0.717, 1.165) is 31.2 Å². The van der Waals surface area contributed by atoms with Crippen LogP contribution in [0.4, 0.5) is 5.82 Å². The third-order valence-electron chi connectivity index (χ3n) is 4.30. The molecule has 1 N–H and O–H groups in total. The molecule has 0 saturated carbocycles. The highest BCUT2D eigenvalue weighted by Gasteiger charge is 2.15. The summed E-state index contributed by atoms with van der Waals surface area (Å²) in [5.74, 6) is 1.94. The highest BCUT2D eigenvalue weighted by Crippen LogP contribution is 2.21. The second-order valence-electron chi connectivity index (χ2n) is 5.96. The lowest BCUT2D eigenvalue weighted by molar-refractivity contribution is 0.272. The molecule has 1 aliphatic rings. The quantitative estimate of drug-likeness (QED) is 0.853. The smallest absolute Gasteiger partial charge is 0.125 e. The first-order valence-electron chi connectivity index (χ1n) is 8.23. The van der Waals surface area contributed by atoms with E-state index in [1.54, 1.807) is 0 Å². The van der Waals surface area contributed by atoms with Gasteiger partial charge in [-0.2, -0.15) is 0 Å². The van der Waals surface area contributed by atoms with Gasteiger partial charge in [0.15, 0.2) is 0 Å². The Labute approximate surface area is 123 Å². The summed E-state index contributed by atoms with van der Waals surface area (Å²) in [4.78, 5) is 7.09. The third kappa shape index (κ3) is 4.78. The zero-order chi connectivity index (χ0) is 14.2. The standard InChI is InChI=1S/C17H29N3/c1-3-10-18-17-8-7-16(13-19-17)14-20-11-5-6-15(4-2)9-12-20/h7-8,13,15H,3-6,9-12,14H2,1-2H3,(H,18,19). The molecule has 0 amide bonds. The fourth-order valence-electron chi connectivity index (χ4n) is 2.93. The van der Waals surface area contributed by atoms with Crippen molar-refractivity contribution in [3.05, 3.63) is 23.9 Å². The molecule has 0 aliphatic carbocycles. The van der Waals surface area contributed by atoms with Crippen molar-refractivity contribution < 1.29 is 0 Å². The van der Waals surface area contributed by atoms with E-state index < -0.39 is 0 Å². The topological polar surface area (TPSA) is 28.2 Å². The van der Waals surface area contributed by atoms with E-state index in [4.69, 9.17) is 0 Å². The summed E-state index contributed by atoms with van der Waals surface area (Å²) < 4.78 is 0. The maximum Gasteiger partial charge on any atom is 0.125 e. The number of anilines is 1. The van der Waals surface area contributed by atoms with Crippen molar-refractivity contribution in [3.8, 4) is 0 Å². The molecule has 0 bridgehead atoms. The van der Waals surface area contributed by atoms with E-state index >= 15 is 0 Å². The fourth-order valence-corrected chi connectivity index (χ4v) is 2.93. The van der Waals surface area contributed by atoms with Crippen molar-refractivity contribution >= 4 is 5.82 Å². The molecule has 3 nitrogen and oxygen atoms in total. The van der Waals surface area contributed by atoms with Gasteiger partial charge < -0.3 is 5.32 Å². The molecule has 1 aromatic rings. The maximum absolute atomic E-state index is 4.50. The van der Waals surface area contributed by atoms with Crippen LogP contribution in [0, 0.1) is 5.92 Å². The van der Waals surface area contributed by atoms with Crippen LogP contribution < -0.4 is 5.32 Å². The van der Waals surface area contributed by atoms with Gasteiger partial charge in [-0.3, -0.25) is 4.90 Å². The molecule has 1 atom stereocenters. The molecular weight excluding hydrogens is 246 g/mol. The second-order valence-corrected chi connectivity index (χ2v) is 5.96. The van der Waals surface area contributed by atoms with Gasteiger partial charge in [0.25, 0.3) is 0 Å². The summed E-state index contributed by atoms with van der Waals surface area (Å²) in [7, 11) is 0. The number of hydrogen-bond acceptors (Lipinski definition) is 3. The SMILES string of the molecule is CCCNc1ccc(CN2CCCC(CC)CC2)cn1. The number of hydrogen-bond donors (Lipinski definition) is 1. The highest BCUT2D eigenvalue weighted by molar-refractivity contribution is 5.35. The molecular formula is C17H29N3. The Morgan fingerprint density at radius 1 is 1.25 bits per heavy atom. The first-order valence-corrected chi connectivity index (χ1v) is 8.23. The Bertz CT molecular complexity index is 374. The van der Waals surface area contributed by atoms with Crippen LogP contribution in [-0.4, -0.2) is 29.5 Å². The predicted molar refractivity (Wildman–Crippen MR) is 85.9 cm³/mol. The number of nitrogens with zero attached hydrogens (tertiary/aromatic N) is 2. The summed E-state index contributed by atoms with van der Waals surface area (Å²) >= 11 is 0. The Kier molecular flexibility index (Phi) is 6.31. The van der Waals surface area contributed by atoms with Crippen molar-refractivity contribution in [2.45, 2.75) is 52.5 Å². The van der Waals surface area contributed by atoms with Crippen LogP contribution in [0.2, 0.25) is 0 Å². The average Bonchev–Trinajstić information content (AvgIpc) is 2.72. The van der Waals surface area contributed by atoms with Gasteiger partial charge in [0.05, 0.1) is 0 Å². The molecule has 112 valence electrons. The number of rotatable bonds is 6. The molecule has 0 aromatic carbocycles. The summed E-state index contributed by atoms with van der Waals surface area (Å²) in [6.45, 7) is 9.03. The van der Waals surface area contributed by atoms with Crippen LogP contribution in [0.1, 0.15) is 51.5 Å². The zero-order valence-electron chi connectivity index (χ0n) is 13.1. The van der Waals surface area contributed by atoms with Gasteiger partial charge >= 0.3 is 0 Å². The Hall–Kier alpha value is -1.09. The van der Waals surface area contributed by atoms with Gasteiger partial charge in [-0.15, -0.1) is 0 Å². The number of likely N-dealkylation sites (tertiary alicyclic amines) is 1. The lowest BCUT2D eigenvalue weighted by atomic mass is 9.98. The largest absolute Gasteiger partial charge is 0.370 e. The fraction of sp³-hybridized carbons (Fsp3) is 0.706. The summed E-state index contributed by atoms with van der Waals surface area (Å²) in [5.41, 5.74) is 1.34. The highest BCUT2D eigenvalue weighted by atomic mass is 15.1. The molecule has 1 saturated heterocycles. The van der Waals surface area contributed by atoms with Crippen LogP contribution in [0.5, 0.6) is 0 Å². The van der Waals surface area contributed by atoms with Gasteiger partial charge in [-0.05, 0) is 56.3 Å². The molecule has 1 aliphatic heterocycles. The Balaban J connectivity index is 1.83. The van der Waals surface area contributed by atoms with Crippen molar-refractivity contribution in [2.75, 3.05) is 25.0 Å². The molecule has 0 spiro atoms. The van der Waals surface area contributed by atoms with Gasteiger partial charge in [0.2, 0.25) is 0 Å². The van der Waals surface area contributed by atoms with Crippen LogP contribution >= 0.6 is 0 Å². The summed E-state index contributed by atoms with van der Waals surface area (Å²) in [6.07, 6.45) is 8.62. The predicted octanol–water partition coefficient (Wildman–Crippen LogP) is 3.92. The molecule has 0 radical (unpaired) electrons. The maximum atomic E-state index is 4.50. The zero-order valence-corrected chi connectivity index (χ0v) is 13.1. The summed E-state index contributed by atoms with van der Waals surface area (Å²) in [5, 5.41) is 3.32. The number of aromatic nitrogens is 1. The van der Waals surface area contributed by atoms with Gasteiger partial charge in [0.1, 0.15) is 5.82 Å². The van der Waals surface area contributed by atoms with Crippen molar-refractivity contribution in [1.82, 2.24) is 9.88 Å². The van der Waals surface area contributed by atoms with Crippen molar-refractivity contribution in [3.63, 3.8) is 0 Å². The van der Waals surface area contributed by atoms with E-state index in [0.29, 0.717) is 0 Å². The van der Waals surface area contributed by atoms with Crippen LogP contribution in [0.25, 0.3) is 0 Å².